The number of carbonyl (C=O) groups is 4. The molecule has 180 valence electrons. The first kappa shape index (κ1) is 24.7. The van der Waals surface area contributed by atoms with Crippen molar-refractivity contribution >= 4 is 23.9 Å². The summed E-state index contributed by atoms with van der Waals surface area (Å²) in [7, 11) is 0. The number of ether oxygens (including phenoxy) is 4. The molecule has 0 bridgehead atoms. The molecule has 1 saturated carbocycles. The molecule has 8 atom stereocenters. The van der Waals surface area contributed by atoms with Crippen molar-refractivity contribution in [3.05, 3.63) is 35.5 Å². The maximum atomic E-state index is 12.7. The third-order valence-corrected chi connectivity index (χ3v) is 6.81. The minimum atomic E-state index is -1.84. The summed E-state index contributed by atoms with van der Waals surface area (Å²) in [6, 6.07) is 0. The molecule has 1 saturated heterocycles. The van der Waals surface area contributed by atoms with E-state index in [1.165, 1.54) is 20.8 Å². The summed E-state index contributed by atoms with van der Waals surface area (Å²) < 4.78 is 22.4. The number of hydrogen-bond donors (Lipinski definition) is 1. The van der Waals surface area contributed by atoms with E-state index in [0.717, 1.165) is 5.57 Å². The van der Waals surface area contributed by atoms with Crippen LogP contribution in [0.4, 0.5) is 0 Å². The van der Waals surface area contributed by atoms with Crippen molar-refractivity contribution in [1.82, 2.24) is 0 Å². The summed E-state index contributed by atoms with van der Waals surface area (Å²) in [5.41, 5.74) is -0.770. The van der Waals surface area contributed by atoms with E-state index in [0.29, 0.717) is 5.57 Å². The molecule has 0 aromatic carbocycles. The van der Waals surface area contributed by atoms with Crippen LogP contribution in [0.25, 0.3) is 0 Å². The third kappa shape index (κ3) is 4.21. The molecule has 0 amide bonds. The van der Waals surface area contributed by atoms with Gasteiger partial charge in [-0.05, 0) is 33.8 Å². The van der Waals surface area contributed by atoms with E-state index in [9.17, 15) is 24.3 Å². The second-order valence-electron chi connectivity index (χ2n) is 9.05. The number of rotatable bonds is 4. The summed E-state index contributed by atoms with van der Waals surface area (Å²) in [4.78, 5) is 49.2. The van der Waals surface area contributed by atoms with Gasteiger partial charge in [-0.25, -0.2) is 9.59 Å². The molecule has 0 aromatic heterocycles. The lowest BCUT2D eigenvalue weighted by atomic mass is 9.74. The summed E-state index contributed by atoms with van der Waals surface area (Å²) in [6.07, 6.45) is -1.17. The molecule has 3 rings (SSSR count). The monoisotopic (exact) mass is 462 g/mol. The molecule has 2 aliphatic carbocycles. The molecule has 1 heterocycles. The van der Waals surface area contributed by atoms with Crippen LogP contribution < -0.4 is 0 Å². The van der Waals surface area contributed by atoms with Crippen molar-refractivity contribution in [2.45, 2.75) is 71.6 Å². The summed E-state index contributed by atoms with van der Waals surface area (Å²) in [6.45, 7) is 12.7. The Morgan fingerprint density at radius 2 is 1.73 bits per heavy atom. The fraction of sp³-hybridized carbons (Fsp3) is 0.583. The zero-order valence-corrected chi connectivity index (χ0v) is 19.6. The van der Waals surface area contributed by atoms with Gasteiger partial charge in [0, 0.05) is 36.8 Å². The molecule has 1 N–H and O–H groups in total. The van der Waals surface area contributed by atoms with Crippen molar-refractivity contribution in [3.8, 4) is 0 Å². The maximum absolute atomic E-state index is 12.7. The molecule has 2 fully saturated rings. The van der Waals surface area contributed by atoms with Crippen molar-refractivity contribution in [1.29, 1.82) is 0 Å². The lowest BCUT2D eigenvalue weighted by Gasteiger charge is -2.42. The van der Waals surface area contributed by atoms with Gasteiger partial charge in [0.1, 0.15) is 17.8 Å². The predicted octanol–water partition coefficient (Wildman–Crippen LogP) is 1.78. The van der Waals surface area contributed by atoms with E-state index >= 15 is 0 Å². The first-order chi connectivity index (χ1) is 15.3. The number of aliphatic hydroxyl groups is 1. The van der Waals surface area contributed by atoms with E-state index in [-0.39, 0.29) is 5.57 Å². The van der Waals surface area contributed by atoms with Crippen molar-refractivity contribution in [2.24, 2.45) is 17.8 Å². The van der Waals surface area contributed by atoms with Gasteiger partial charge in [-0.15, -0.1) is 0 Å². The fourth-order valence-electron chi connectivity index (χ4n) is 5.25. The predicted molar refractivity (Wildman–Crippen MR) is 114 cm³/mol. The van der Waals surface area contributed by atoms with E-state index in [1.807, 2.05) is 0 Å². The maximum Gasteiger partial charge on any atom is 0.334 e. The highest BCUT2D eigenvalue weighted by molar-refractivity contribution is 5.92. The standard InChI is InChI=1S/C24H30O9/c1-8-10(2)22(27)33-20-17-12(4)23(28)32-19(17)16-11(3)9-15(30-13(5)25)18(16)24(7,29)21(20)31-14(6)26/h8-9,15-21,29H,4H2,1-3,5-7H3/b10-8+/t15-,16+,17+,18-,19-,20?,21-,24+/m1/s1. The van der Waals surface area contributed by atoms with Crippen LogP contribution in [0.1, 0.15) is 41.5 Å². The molecule has 0 radical (unpaired) electrons. The second-order valence-corrected chi connectivity index (χ2v) is 9.05. The smallest absolute Gasteiger partial charge is 0.334 e. The van der Waals surface area contributed by atoms with Gasteiger partial charge in [-0.3, -0.25) is 9.59 Å². The first-order valence-electron chi connectivity index (χ1n) is 10.8. The Morgan fingerprint density at radius 1 is 1.12 bits per heavy atom. The quantitative estimate of drug-likeness (QED) is 0.288. The molecule has 9 nitrogen and oxygen atoms in total. The molecule has 0 aromatic rings. The van der Waals surface area contributed by atoms with E-state index < -0.39 is 71.6 Å². The Morgan fingerprint density at radius 3 is 2.27 bits per heavy atom. The van der Waals surface area contributed by atoms with Gasteiger partial charge in [-0.2, -0.15) is 0 Å². The van der Waals surface area contributed by atoms with Gasteiger partial charge >= 0.3 is 23.9 Å². The largest absolute Gasteiger partial charge is 0.458 e. The Kier molecular flexibility index (Phi) is 6.57. The van der Waals surface area contributed by atoms with E-state index in [2.05, 4.69) is 6.58 Å². The Labute approximate surface area is 192 Å². The van der Waals surface area contributed by atoms with Gasteiger partial charge in [0.05, 0.1) is 5.92 Å². The molecule has 0 spiro atoms. The first-order valence-corrected chi connectivity index (χ1v) is 10.8. The SMILES string of the molecule is C=C1C(=O)O[C@@H]2[C@H]3C(C)=C[C@@H](OC(C)=O)[C@H]3[C@](C)(O)[C@H](OC(C)=O)C(OC(=O)/C(C)=C/C)[C@@H]12. The van der Waals surface area contributed by atoms with E-state index in [4.69, 9.17) is 18.9 Å². The van der Waals surface area contributed by atoms with Crippen LogP contribution in [0.15, 0.2) is 35.5 Å². The van der Waals surface area contributed by atoms with Gasteiger partial charge in [0.2, 0.25) is 0 Å². The van der Waals surface area contributed by atoms with Crippen LogP contribution in [0.2, 0.25) is 0 Å². The lowest BCUT2D eigenvalue weighted by Crippen LogP contribution is -2.58. The zero-order chi connectivity index (χ0) is 24.8. The average Bonchev–Trinajstić information content (AvgIpc) is 3.16. The zero-order valence-electron chi connectivity index (χ0n) is 19.6. The topological polar surface area (TPSA) is 125 Å². The van der Waals surface area contributed by atoms with Crippen LogP contribution in [0, 0.1) is 17.8 Å². The molecule has 1 unspecified atom stereocenters. The van der Waals surface area contributed by atoms with Crippen LogP contribution >= 0.6 is 0 Å². The van der Waals surface area contributed by atoms with Crippen molar-refractivity contribution in [3.63, 3.8) is 0 Å². The van der Waals surface area contributed by atoms with E-state index in [1.54, 1.807) is 32.9 Å². The normalized spacial score (nSPS) is 37.8. The molecular formula is C24H30O9. The lowest BCUT2D eigenvalue weighted by molar-refractivity contribution is -0.202. The minimum absolute atomic E-state index is 0.0493. The Balaban J connectivity index is 2.21. The fourth-order valence-corrected chi connectivity index (χ4v) is 5.25. The van der Waals surface area contributed by atoms with Crippen LogP contribution in [0.5, 0.6) is 0 Å². The average molecular weight is 462 g/mol. The van der Waals surface area contributed by atoms with Gasteiger partial charge in [-0.1, -0.05) is 18.2 Å². The van der Waals surface area contributed by atoms with Crippen LogP contribution in [-0.4, -0.2) is 59.0 Å². The van der Waals surface area contributed by atoms with Gasteiger partial charge in [0.25, 0.3) is 0 Å². The van der Waals surface area contributed by atoms with Crippen molar-refractivity contribution < 1.29 is 43.2 Å². The van der Waals surface area contributed by atoms with Crippen LogP contribution in [0.3, 0.4) is 0 Å². The molecule has 9 heteroatoms. The minimum Gasteiger partial charge on any atom is -0.458 e. The Hall–Kier alpha value is -2.94. The number of carbonyl (C=O) groups excluding carboxylic acids is 4. The highest BCUT2D eigenvalue weighted by Gasteiger charge is 2.66. The number of hydrogen-bond acceptors (Lipinski definition) is 9. The number of fused-ring (bicyclic) bond motifs is 3. The van der Waals surface area contributed by atoms with Crippen LogP contribution in [-0.2, 0) is 38.1 Å². The molecule has 3 aliphatic rings. The number of esters is 4. The Bertz CT molecular complexity index is 957. The third-order valence-electron chi connectivity index (χ3n) is 6.81. The molecular weight excluding hydrogens is 432 g/mol. The van der Waals surface area contributed by atoms with Gasteiger partial charge in [0.15, 0.2) is 12.2 Å². The highest BCUT2D eigenvalue weighted by Crippen LogP contribution is 2.54. The van der Waals surface area contributed by atoms with Crippen molar-refractivity contribution in [2.75, 3.05) is 0 Å². The van der Waals surface area contributed by atoms with Gasteiger partial charge < -0.3 is 24.1 Å². The number of allylic oxidation sites excluding steroid dienone is 1. The summed E-state index contributed by atoms with van der Waals surface area (Å²) >= 11 is 0. The molecule has 1 aliphatic heterocycles. The molecule has 33 heavy (non-hydrogen) atoms. The summed E-state index contributed by atoms with van der Waals surface area (Å²) in [5.74, 6) is -4.98. The summed E-state index contributed by atoms with van der Waals surface area (Å²) in [5, 5.41) is 11.8. The highest BCUT2D eigenvalue weighted by atomic mass is 16.6. The second kappa shape index (κ2) is 8.78.